The zero-order valence-corrected chi connectivity index (χ0v) is 12.3. The summed E-state index contributed by atoms with van der Waals surface area (Å²) in [5.41, 5.74) is 6.39. The van der Waals surface area contributed by atoms with E-state index in [1.807, 2.05) is 0 Å². The van der Waals surface area contributed by atoms with Crippen molar-refractivity contribution in [2.75, 3.05) is 17.2 Å². The van der Waals surface area contributed by atoms with Crippen LogP contribution in [0.5, 0.6) is 0 Å². The summed E-state index contributed by atoms with van der Waals surface area (Å²) in [5, 5.41) is 5.01. The highest BCUT2D eigenvalue weighted by Crippen LogP contribution is 2.19. The van der Waals surface area contributed by atoms with Crippen molar-refractivity contribution in [2.24, 2.45) is 5.73 Å². The molecule has 0 fully saturated rings. The molecule has 0 aliphatic carbocycles. The third kappa shape index (κ3) is 4.03. The number of hydrogen-bond acceptors (Lipinski definition) is 3. The molecular weight excluding hydrogens is 304 g/mol. The predicted molar refractivity (Wildman–Crippen MR) is 83.2 cm³/mol. The number of benzene rings is 2. The van der Waals surface area contributed by atoms with E-state index < -0.39 is 23.4 Å². The van der Waals surface area contributed by atoms with Crippen LogP contribution in [0.4, 0.5) is 20.2 Å². The fraction of sp³-hybridized carbons (Fsp3) is 0.125. The molecule has 23 heavy (non-hydrogen) atoms. The van der Waals surface area contributed by atoms with Crippen molar-refractivity contribution in [2.45, 2.75) is 6.92 Å². The summed E-state index contributed by atoms with van der Waals surface area (Å²) >= 11 is 0. The van der Waals surface area contributed by atoms with E-state index in [-0.39, 0.29) is 17.8 Å². The third-order valence-corrected chi connectivity index (χ3v) is 3.16. The number of rotatable bonds is 5. The fourth-order valence-electron chi connectivity index (χ4n) is 2.11. The van der Waals surface area contributed by atoms with E-state index in [4.69, 9.17) is 5.73 Å². The van der Waals surface area contributed by atoms with Crippen LogP contribution in [0.3, 0.4) is 0 Å². The quantitative estimate of drug-likeness (QED) is 0.791. The molecule has 2 aromatic rings. The maximum Gasteiger partial charge on any atom is 0.251 e. The summed E-state index contributed by atoms with van der Waals surface area (Å²) < 4.78 is 26.5. The van der Waals surface area contributed by atoms with Crippen LogP contribution in [0.25, 0.3) is 0 Å². The molecular formula is C16H15F2N3O2. The minimum absolute atomic E-state index is 0.236. The maximum absolute atomic E-state index is 13.5. The van der Waals surface area contributed by atoms with Crippen LogP contribution in [-0.2, 0) is 4.79 Å². The number of carbonyl (C=O) groups is 2. The lowest BCUT2D eigenvalue weighted by atomic mass is 10.1. The van der Waals surface area contributed by atoms with Gasteiger partial charge < -0.3 is 16.4 Å². The lowest BCUT2D eigenvalue weighted by Crippen LogP contribution is -2.24. The molecule has 2 rings (SSSR count). The maximum atomic E-state index is 13.5. The highest BCUT2D eigenvalue weighted by molar-refractivity contribution is 6.01. The molecule has 0 heterocycles. The predicted octanol–water partition coefficient (Wildman–Crippen LogP) is 2.42. The highest BCUT2D eigenvalue weighted by atomic mass is 19.1. The van der Waals surface area contributed by atoms with Gasteiger partial charge in [-0.3, -0.25) is 9.59 Å². The van der Waals surface area contributed by atoms with E-state index in [2.05, 4.69) is 10.6 Å². The number of halogens is 2. The van der Waals surface area contributed by atoms with Crippen molar-refractivity contribution in [3.05, 3.63) is 59.2 Å². The Kier molecular flexibility index (Phi) is 4.90. The van der Waals surface area contributed by atoms with Crippen molar-refractivity contribution < 1.29 is 18.4 Å². The van der Waals surface area contributed by atoms with E-state index in [9.17, 15) is 18.4 Å². The van der Waals surface area contributed by atoms with Crippen LogP contribution in [0.2, 0.25) is 0 Å². The summed E-state index contributed by atoms with van der Waals surface area (Å²) in [7, 11) is 0. The van der Waals surface area contributed by atoms with Gasteiger partial charge in [0.05, 0.1) is 17.8 Å². The highest BCUT2D eigenvalue weighted by Gasteiger charge is 2.13. The number of anilines is 2. The minimum Gasteiger partial charge on any atom is -0.375 e. The van der Waals surface area contributed by atoms with Gasteiger partial charge in [-0.2, -0.15) is 0 Å². The third-order valence-electron chi connectivity index (χ3n) is 3.16. The van der Waals surface area contributed by atoms with Crippen LogP contribution in [0.15, 0.2) is 36.4 Å². The van der Waals surface area contributed by atoms with Gasteiger partial charge in [0, 0.05) is 11.8 Å². The van der Waals surface area contributed by atoms with Crippen LogP contribution in [-0.4, -0.2) is 18.4 Å². The molecule has 0 bridgehead atoms. The number of hydrogen-bond donors (Lipinski definition) is 3. The second-order valence-electron chi connectivity index (χ2n) is 4.89. The molecule has 120 valence electrons. The molecule has 2 aromatic carbocycles. The summed E-state index contributed by atoms with van der Waals surface area (Å²) in [6.45, 7) is 1.48. The molecule has 0 aliphatic heterocycles. The van der Waals surface area contributed by atoms with Crippen molar-refractivity contribution in [3.63, 3.8) is 0 Å². The summed E-state index contributed by atoms with van der Waals surface area (Å²) in [5.74, 6) is -2.62. The Morgan fingerprint density at radius 1 is 1.13 bits per heavy atom. The first-order valence-corrected chi connectivity index (χ1v) is 6.76. The average Bonchev–Trinajstić information content (AvgIpc) is 2.48. The standard InChI is InChI=1S/C16H15F2N3O2/c1-9-3-2-4-12(15(9)16(19)23)20-8-14(22)21-13-7-10(17)5-6-11(13)18/h2-7,20H,8H2,1H3,(H2,19,23)(H,21,22). The van der Waals surface area contributed by atoms with Gasteiger partial charge in [-0.25, -0.2) is 8.78 Å². The lowest BCUT2D eigenvalue weighted by Gasteiger charge is -2.12. The lowest BCUT2D eigenvalue weighted by molar-refractivity contribution is -0.114. The number of carbonyl (C=O) groups excluding carboxylic acids is 2. The number of aryl methyl sites for hydroxylation is 1. The average molecular weight is 319 g/mol. The molecule has 0 aliphatic rings. The summed E-state index contributed by atoms with van der Waals surface area (Å²) in [4.78, 5) is 23.3. The zero-order chi connectivity index (χ0) is 17.0. The van der Waals surface area contributed by atoms with E-state index in [1.54, 1.807) is 25.1 Å². The van der Waals surface area contributed by atoms with E-state index in [1.165, 1.54) is 0 Å². The fourth-order valence-corrected chi connectivity index (χ4v) is 2.11. The van der Waals surface area contributed by atoms with E-state index in [0.717, 1.165) is 18.2 Å². The number of primary amides is 1. The van der Waals surface area contributed by atoms with Crippen LogP contribution >= 0.6 is 0 Å². The normalized spacial score (nSPS) is 10.2. The van der Waals surface area contributed by atoms with Crippen molar-refractivity contribution in [3.8, 4) is 0 Å². The van der Waals surface area contributed by atoms with Gasteiger partial charge in [-0.1, -0.05) is 12.1 Å². The molecule has 2 amide bonds. The first-order chi connectivity index (χ1) is 10.9. The molecule has 4 N–H and O–H groups in total. The molecule has 0 aromatic heterocycles. The van der Waals surface area contributed by atoms with Gasteiger partial charge in [-0.05, 0) is 30.7 Å². The summed E-state index contributed by atoms with van der Waals surface area (Å²) in [6.07, 6.45) is 0. The Labute approximate surface area is 131 Å². The Balaban J connectivity index is 2.07. The van der Waals surface area contributed by atoms with Crippen LogP contribution in [0, 0.1) is 18.6 Å². The second-order valence-corrected chi connectivity index (χ2v) is 4.89. The largest absolute Gasteiger partial charge is 0.375 e. The van der Waals surface area contributed by atoms with Crippen molar-refractivity contribution >= 4 is 23.2 Å². The molecule has 0 radical (unpaired) electrons. The van der Waals surface area contributed by atoms with E-state index in [0.29, 0.717) is 11.3 Å². The molecule has 0 atom stereocenters. The number of nitrogens with one attached hydrogen (secondary N) is 2. The smallest absolute Gasteiger partial charge is 0.251 e. The first-order valence-electron chi connectivity index (χ1n) is 6.76. The van der Waals surface area contributed by atoms with Crippen LogP contribution < -0.4 is 16.4 Å². The molecule has 7 heteroatoms. The van der Waals surface area contributed by atoms with Gasteiger partial charge in [-0.15, -0.1) is 0 Å². The van der Waals surface area contributed by atoms with Crippen molar-refractivity contribution in [1.82, 2.24) is 0 Å². The second kappa shape index (κ2) is 6.87. The van der Waals surface area contributed by atoms with Gasteiger partial charge in [0.15, 0.2) is 0 Å². The molecule has 5 nitrogen and oxygen atoms in total. The molecule has 0 saturated carbocycles. The molecule has 0 unspecified atom stereocenters. The van der Waals surface area contributed by atoms with Crippen molar-refractivity contribution in [1.29, 1.82) is 0 Å². The van der Waals surface area contributed by atoms with Gasteiger partial charge in [0.25, 0.3) is 5.91 Å². The monoisotopic (exact) mass is 319 g/mol. The Morgan fingerprint density at radius 3 is 2.57 bits per heavy atom. The molecule has 0 saturated heterocycles. The van der Waals surface area contributed by atoms with Gasteiger partial charge in [0.2, 0.25) is 5.91 Å². The molecule has 0 spiro atoms. The Morgan fingerprint density at radius 2 is 1.87 bits per heavy atom. The minimum atomic E-state index is -0.742. The van der Waals surface area contributed by atoms with Gasteiger partial charge in [0.1, 0.15) is 11.6 Å². The first kappa shape index (κ1) is 16.4. The van der Waals surface area contributed by atoms with E-state index >= 15 is 0 Å². The Hall–Kier alpha value is -2.96. The number of nitrogens with two attached hydrogens (primary N) is 1. The summed E-state index contributed by atoms with van der Waals surface area (Å²) in [6, 6.07) is 7.78. The topological polar surface area (TPSA) is 84.2 Å². The zero-order valence-electron chi connectivity index (χ0n) is 12.3. The Bertz CT molecular complexity index is 763. The SMILES string of the molecule is Cc1cccc(NCC(=O)Nc2cc(F)ccc2F)c1C(N)=O. The van der Waals surface area contributed by atoms with Gasteiger partial charge >= 0.3 is 0 Å². The van der Waals surface area contributed by atoms with Crippen LogP contribution in [0.1, 0.15) is 15.9 Å². The number of amides is 2.